The topological polar surface area (TPSA) is 59.4 Å². The number of likely N-dealkylation sites (tertiary alicyclic amines) is 1. The minimum Gasteiger partial charge on any atom is -0.323 e. The predicted octanol–water partition coefficient (Wildman–Crippen LogP) is 2.54. The van der Waals surface area contributed by atoms with Crippen molar-refractivity contribution in [3.05, 3.63) is 29.3 Å². The highest BCUT2D eigenvalue weighted by Gasteiger charge is 2.36. The molecule has 23 heavy (non-hydrogen) atoms. The molecule has 0 aromatic heterocycles. The van der Waals surface area contributed by atoms with E-state index in [0.717, 1.165) is 31.4 Å². The molecule has 7 heteroatoms. The van der Waals surface area contributed by atoms with Gasteiger partial charge in [-0.2, -0.15) is 5.26 Å². The second-order valence-corrected chi connectivity index (χ2v) is 6.14. The number of nitrogens with one attached hydrogen (secondary N) is 1. The molecule has 1 N–H and O–H groups in total. The Kier molecular flexibility index (Phi) is 4.18. The molecule has 0 unspecified atom stereocenters. The van der Waals surface area contributed by atoms with E-state index in [9.17, 15) is 13.6 Å². The van der Waals surface area contributed by atoms with Gasteiger partial charge in [-0.15, -0.1) is 0 Å². The average Bonchev–Trinajstić information content (AvgIpc) is 2.75. The number of likely N-dealkylation sites (N-methyl/N-ethyl adjacent to an activating group) is 1. The lowest BCUT2D eigenvalue weighted by Gasteiger charge is -2.26. The number of carbonyl (C=O) groups is 1. The molecule has 0 aliphatic carbocycles. The number of hydrogen-bond donors (Lipinski definition) is 1. The number of fused-ring (bicyclic) bond motifs is 2. The zero-order valence-corrected chi connectivity index (χ0v) is 12.9. The van der Waals surface area contributed by atoms with Crippen LogP contribution in [0.5, 0.6) is 0 Å². The molecule has 2 heterocycles. The molecule has 2 atom stereocenters. The number of amides is 2. The molecule has 1 aromatic rings. The fourth-order valence-electron chi connectivity index (χ4n) is 3.42. The van der Waals surface area contributed by atoms with Gasteiger partial charge in [-0.3, -0.25) is 4.90 Å². The summed E-state index contributed by atoms with van der Waals surface area (Å²) in [7, 11) is 2.07. The number of nitrogens with zero attached hydrogens (tertiary/aromatic N) is 3. The summed E-state index contributed by atoms with van der Waals surface area (Å²) in [5, 5.41) is 11.1. The second-order valence-electron chi connectivity index (χ2n) is 6.14. The summed E-state index contributed by atoms with van der Waals surface area (Å²) in [6, 6.07) is 3.58. The fraction of sp³-hybridized carbons (Fsp3) is 0.500. The maximum absolute atomic E-state index is 13.9. The zero-order chi connectivity index (χ0) is 16.6. The number of nitriles is 1. The Balaban J connectivity index is 1.72. The lowest BCUT2D eigenvalue weighted by Crippen LogP contribution is -2.41. The zero-order valence-electron chi connectivity index (χ0n) is 12.9. The molecular formula is C16H18F2N4O. The summed E-state index contributed by atoms with van der Waals surface area (Å²) in [6.45, 7) is 1.18. The van der Waals surface area contributed by atoms with Gasteiger partial charge in [0.1, 0.15) is 17.7 Å². The number of anilines is 1. The van der Waals surface area contributed by atoms with E-state index >= 15 is 0 Å². The minimum absolute atomic E-state index is 0.241. The molecular weight excluding hydrogens is 302 g/mol. The Hall–Kier alpha value is -2.20. The maximum atomic E-state index is 13.9. The fourth-order valence-corrected chi connectivity index (χ4v) is 3.42. The third kappa shape index (κ3) is 2.99. The van der Waals surface area contributed by atoms with Crippen LogP contribution < -0.4 is 5.32 Å². The Morgan fingerprint density at radius 3 is 2.74 bits per heavy atom. The third-order valence-electron chi connectivity index (χ3n) is 4.85. The van der Waals surface area contributed by atoms with Crippen LogP contribution in [0.4, 0.5) is 19.3 Å². The second kappa shape index (κ2) is 6.13. The molecule has 2 bridgehead atoms. The van der Waals surface area contributed by atoms with Crippen molar-refractivity contribution in [2.75, 3.05) is 25.5 Å². The van der Waals surface area contributed by atoms with E-state index in [0.29, 0.717) is 25.2 Å². The minimum atomic E-state index is -0.848. The molecule has 0 radical (unpaired) electrons. The van der Waals surface area contributed by atoms with Gasteiger partial charge in [0.05, 0.1) is 11.3 Å². The van der Waals surface area contributed by atoms with E-state index in [4.69, 9.17) is 5.26 Å². The molecule has 1 aromatic carbocycles. The van der Waals surface area contributed by atoms with Crippen molar-refractivity contribution >= 4 is 11.7 Å². The van der Waals surface area contributed by atoms with Crippen molar-refractivity contribution in [2.45, 2.75) is 31.3 Å². The van der Waals surface area contributed by atoms with Crippen molar-refractivity contribution < 1.29 is 13.6 Å². The highest BCUT2D eigenvalue weighted by Crippen LogP contribution is 2.29. The van der Waals surface area contributed by atoms with Gasteiger partial charge in [0.25, 0.3) is 0 Å². The van der Waals surface area contributed by atoms with Gasteiger partial charge in [-0.1, -0.05) is 0 Å². The van der Waals surface area contributed by atoms with E-state index in [-0.39, 0.29) is 11.3 Å². The smallest absolute Gasteiger partial charge is 0.321 e. The van der Waals surface area contributed by atoms with Crippen molar-refractivity contribution in [1.29, 1.82) is 5.26 Å². The summed E-state index contributed by atoms with van der Waals surface area (Å²) >= 11 is 0. The number of rotatable bonds is 1. The molecule has 2 amide bonds. The predicted molar refractivity (Wildman–Crippen MR) is 80.9 cm³/mol. The standard InChI is InChI=1S/C16H18F2N4O/c1-21-11-2-3-12(21)9-22(5-4-11)16(23)20-15-7-13(17)10(8-19)6-14(15)18/h6-7,11-12H,2-5,9H2,1H3,(H,20,23)/t11-,12+/m1/s1. The first-order valence-corrected chi connectivity index (χ1v) is 7.66. The Morgan fingerprint density at radius 2 is 2.00 bits per heavy atom. The van der Waals surface area contributed by atoms with Crippen molar-refractivity contribution in [3.63, 3.8) is 0 Å². The van der Waals surface area contributed by atoms with Gasteiger partial charge >= 0.3 is 6.03 Å². The highest BCUT2D eigenvalue weighted by molar-refractivity contribution is 5.89. The van der Waals surface area contributed by atoms with E-state index in [1.165, 1.54) is 0 Å². The SMILES string of the molecule is CN1[C@@H]2CC[C@H]1CN(C(=O)Nc1cc(F)c(C#N)cc1F)CC2. The van der Waals surface area contributed by atoms with Crippen LogP contribution in [0.2, 0.25) is 0 Å². The van der Waals surface area contributed by atoms with Crippen LogP contribution in [-0.2, 0) is 0 Å². The van der Waals surface area contributed by atoms with Crippen molar-refractivity contribution in [2.24, 2.45) is 0 Å². The van der Waals surface area contributed by atoms with Crippen LogP contribution >= 0.6 is 0 Å². The van der Waals surface area contributed by atoms with E-state index in [2.05, 4.69) is 17.3 Å². The maximum Gasteiger partial charge on any atom is 0.321 e. The third-order valence-corrected chi connectivity index (χ3v) is 4.85. The summed E-state index contributed by atoms with van der Waals surface area (Å²) < 4.78 is 27.5. The molecule has 2 fully saturated rings. The van der Waals surface area contributed by atoms with Crippen LogP contribution in [0.3, 0.4) is 0 Å². The average molecular weight is 320 g/mol. The number of hydrogen-bond acceptors (Lipinski definition) is 3. The van der Waals surface area contributed by atoms with Gasteiger partial charge in [0.15, 0.2) is 0 Å². The van der Waals surface area contributed by atoms with Crippen LogP contribution in [0.25, 0.3) is 0 Å². The largest absolute Gasteiger partial charge is 0.323 e. The van der Waals surface area contributed by atoms with Crippen molar-refractivity contribution in [1.82, 2.24) is 9.80 Å². The first kappa shape index (κ1) is 15.7. The Morgan fingerprint density at radius 1 is 1.26 bits per heavy atom. The molecule has 122 valence electrons. The Labute approximate surface area is 133 Å². The molecule has 0 saturated carbocycles. The molecule has 0 spiro atoms. The molecule has 2 aliphatic rings. The highest BCUT2D eigenvalue weighted by atomic mass is 19.1. The first-order valence-electron chi connectivity index (χ1n) is 7.66. The van der Waals surface area contributed by atoms with E-state index < -0.39 is 17.7 Å². The molecule has 2 saturated heterocycles. The van der Waals surface area contributed by atoms with Gasteiger partial charge in [0, 0.05) is 31.2 Å². The van der Waals surface area contributed by atoms with Crippen LogP contribution in [0, 0.1) is 23.0 Å². The number of halogens is 2. The van der Waals surface area contributed by atoms with Gasteiger partial charge < -0.3 is 10.2 Å². The lowest BCUT2D eigenvalue weighted by molar-refractivity contribution is 0.200. The summed E-state index contributed by atoms with van der Waals surface area (Å²) in [5.41, 5.74) is -0.622. The van der Waals surface area contributed by atoms with E-state index in [1.807, 2.05) is 0 Å². The van der Waals surface area contributed by atoms with E-state index in [1.54, 1.807) is 11.0 Å². The van der Waals surface area contributed by atoms with Gasteiger partial charge in [0.2, 0.25) is 0 Å². The van der Waals surface area contributed by atoms with Crippen LogP contribution in [0.15, 0.2) is 12.1 Å². The molecule has 5 nitrogen and oxygen atoms in total. The first-order chi connectivity index (χ1) is 11.0. The lowest BCUT2D eigenvalue weighted by atomic mass is 10.1. The van der Waals surface area contributed by atoms with Gasteiger partial charge in [-0.05, 0) is 32.4 Å². The molecule has 2 aliphatic heterocycles. The van der Waals surface area contributed by atoms with Crippen molar-refractivity contribution in [3.8, 4) is 6.07 Å². The quantitative estimate of drug-likeness (QED) is 0.865. The Bertz CT molecular complexity index is 673. The monoisotopic (exact) mass is 320 g/mol. The summed E-state index contributed by atoms with van der Waals surface area (Å²) in [6.07, 6.45) is 3.07. The van der Waals surface area contributed by atoms with Crippen LogP contribution in [-0.4, -0.2) is 48.1 Å². The number of carbonyl (C=O) groups excluding carboxylic acids is 1. The van der Waals surface area contributed by atoms with Crippen LogP contribution in [0.1, 0.15) is 24.8 Å². The summed E-state index contributed by atoms with van der Waals surface area (Å²) in [4.78, 5) is 16.3. The number of benzene rings is 1. The van der Waals surface area contributed by atoms with Gasteiger partial charge in [-0.25, -0.2) is 13.6 Å². The molecule has 3 rings (SSSR count). The summed E-state index contributed by atoms with van der Waals surface area (Å²) in [5.74, 6) is -1.66. The normalized spacial score (nSPS) is 24.2. The number of urea groups is 1.